The van der Waals surface area contributed by atoms with E-state index in [1.165, 1.54) is 0 Å². The van der Waals surface area contributed by atoms with E-state index in [4.69, 9.17) is 0 Å². The van der Waals surface area contributed by atoms with Gasteiger partial charge in [-0.15, -0.1) is 0 Å². The molecule has 0 rings (SSSR count). The summed E-state index contributed by atoms with van der Waals surface area (Å²) >= 11 is 0. The molecule has 8 heteroatoms. The topological polar surface area (TPSA) is 0 Å². The van der Waals surface area contributed by atoms with Crippen LogP contribution < -0.4 is 0 Å². The van der Waals surface area contributed by atoms with Crippen LogP contribution in [-0.2, 0) is 104 Å². The average molecular weight is 414 g/mol. The van der Waals surface area contributed by atoms with Crippen molar-refractivity contribution in [3.05, 3.63) is 0 Å². The fourth-order valence-electron chi connectivity index (χ4n) is 0. The molecule has 3 radical (unpaired) electrons. The Morgan fingerprint density at radius 2 is 1.12 bits per heavy atom. The van der Waals surface area contributed by atoms with E-state index in [1.807, 2.05) is 0 Å². The number of hydrogen-bond donors (Lipinski definition) is 0. The Morgan fingerprint density at radius 3 is 1.12 bits per heavy atom. The minimum Gasteiger partial charge on any atom is -1.00 e. The summed E-state index contributed by atoms with van der Waals surface area (Å²) in [6.45, 7) is 0. The minimum absolute atomic E-state index is 0. The van der Waals surface area contributed by atoms with E-state index in [9.17, 15) is 0 Å². The first-order valence-electron chi connectivity index (χ1n) is 0. The molecule has 0 spiro atoms. The fraction of sp³-hybridized carbons (Fsp3) is 0. The van der Waals surface area contributed by atoms with E-state index < -0.39 is 0 Å². The zero-order valence-electron chi connectivity index (χ0n) is 5.10. The molecule has 0 fully saturated rings. The molecule has 0 aromatic rings. The molecule has 0 nitrogen and oxygen atoms in total. The second kappa shape index (κ2) is 62.8. The second-order valence-electron chi connectivity index (χ2n) is 0. The second-order valence-corrected chi connectivity index (χ2v) is 0. The van der Waals surface area contributed by atoms with Crippen LogP contribution in [0.2, 0.25) is 0 Å². The van der Waals surface area contributed by atoms with Crippen molar-refractivity contribution in [1.82, 2.24) is 0 Å². The predicted molar refractivity (Wildman–Crippen MR) is 17.9 cm³/mol. The summed E-state index contributed by atoms with van der Waals surface area (Å²) in [6.07, 6.45) is 0. The molecule has 0 aliphatic carbocycles. The molecule has 0 saturated heterocycles. The van der Waals surface area contributed by atoms with Gasteiger partial charge in [0.1, 0.15) is 0 Å². The maximum Gasteiger partial charge on any atom is 2.00 e. The van der Waals surface area contributed by atoms with Gasteiger partial charge in [-0.1, -0.05) is 0 Å². The maximum absolute atomic E-state index is 0. The number of hydrogen-bond acceptors (Lipinski definition) is 0. The van der Waals surface area contributed by atoms with Gasteiger partial charge >= 0.3 is 23.1 Å². The van der Waals surface area contributed by atoms with Crippen LogP contribution in [0, 0.1) is 0 Å². The SMILES string of the molecule is [AlH3].[Co].[Cu].[Fe].[H-].[H-].[Mg+2].[Mn].[Ni].[Zn]. The Hall–Kier alpha value is 4.48. The Morgan fingerprint density at radius 1 is 1.12 bits per heavy atom. The molecule has 0 aromatic heterocycles. The molecule has 0 saturated carbocycles. The van der Waals surface area contributed by atoms with Crippen LogP contribution in [0.4, 0.5) is 0 Å². The molecule has 0 N–H and O–H groups in total. The number of rotatable bonds is 0. The molecule has 57 valence electrons. The van der Waals surface area contributed by atoms with Crippen molar-refractivity contribution in [2.24, 2.45) is 0 Å². The average Bonchev–Trinajstić information content (AvgIpc) is 0. The monoisotopic (exact) mass is 411 g/mol. The van der Waals surface area contributed by atoms with Gasteiger partial charge in [0, 0.05) is 104 Å². The summed E-state index contributed by atoms with van der Waals surface area (Å²) < 4.78 is 0. The van der Waals surface area contributed by atoms with Crippen LogP contribution in [0.3, 0.4) is 0 Å². The van der Waals surface area contributed by atoms with Gasteiger partial charge < -0.3 is 2.85 Å². The van der Waals surface area contributed by atoms with Gasteiger partial charge in [-0.2, -0.15) is 0 Å². The Labute approximate surface area is 145 Å². The molecule has 0 bridgehead atoms. The molecule has 0 amide bonds. The van der Waals surface area contributed by atoms with E-state index in [0.29, 0.717) is 0 Å². The molecular weight excluding hydrogens is 409 g/mol. The summed E-state index contributed by atoms with van der Waals surface area (Å²) in [6, 6.07) is 0. The Bertz CT molecular complexity index is 31.2. The third kappa shape index (κ3) is 46.9. The quantitative estimate of drug-likeness (QED) is 0.431. The van der Waals surface area contributed by atoms with Crippen molar-refractivity contribution in [1.29, 1.82) is 0 Å². The van der Waals surface area contributed by atoms with Crippen LogP contribution in [0.15, 0.2) is 0 Å². The normalized spacial score (nSPS) is 0. The van der Waals surface area contributed by atoms with Crippen molar-refractivity contribution in [3.8, 4) is 0 Å². The first-order valence-corrected chi connectivity index (χ1v) is 0. The van der Waals surface area contributed by atoms with Gasteiger partial charge in [0.05, 0.1) is 0 Å². The summed E-state index contributed by atoms with van der Waals surface area (Å²) in [5, 5.41) is 0. The van der Waals surface area contributed by atoms with Gasteiger partial charge in [0.2, 0.25) is 0 Å². The van der Waals surface area contributed by atoms with E-state index in [0.717, 1.165) is 0 Å². The van der Waals surface area contributed by atoms with Crippen LogP contribution in [0.5, 0.6) is 0 Å². The van der Waals surface area contributed by atoms with E-state index >= 15 is 0 Å². The largest absolute Gasteiger partial charge is 2.00 e. The van der Waals surface area contributed by atoms with Crippen molar-refractivity contribution in [3.63, 3.8) is 0 Å². The van der Waals surface area contributed by atoms with E-state index in [2.05, 4.69) is 0 Å². The van der Waals surface area contributed by atoms with E-state index in [1.54, 1.807) is 0 Å². The first-order chi connectivity index (χ1) is 0. The Kier molecular flexibility index (Phi) is 643. The van der Waals surface area contributed by atoms with Crippen LogP contribution >= 0.6 is 0 Å². The van der Waals surface area contributed by atoms with Crippen LogP contribution in [0.1, 0.15) is 2.85 Å². The molecule has 8 heavy (non-hydrogen) atoms. The first kappa shape index (κ1) is 81.9. The van der Waals surface area contributed by atoms with Crippen molar-refractivity contribution in [2.45, 2.75) is 0 Å². The summed E-state index contributed by atoms with van der Waals surface area (Å²) in [5.41, 5.74) is 0. The summed E-state index contributed by atoms with van der Waals surface area (Å²) in [4.78, 5) is 0. The van der Waals surface area contributed by atoms with Gasteiger partial charge in [-0.25, -0.2) is 0 Å². The standard InChI is InChI=1S/Al.Co.Cu.Fe.Mg.Mn.Ni.Zn.5H/q;;;;+2;;;;;;;2*-1. The van der Waals surface area contributed by atoms with Crippen molar-refractivity contribution < 1.29 is 107 Å². The molecule has 0 aliphatic heterocycles. The zero-order chi connectivity index (χ0) is 0. The van der Waals surface area contributed by atoms with Crippen LogP contribution in [0.25, 0.3) is 0 Å². The predicted octanol–water partition coefficient (Wildman–Crippen LogP) is -1.35. The fourth-order valence-corrected chi connectivity index (χ4v) is 0. The molecule has 0 heterocycles. The Balaban J connectivity index is 0. The van der Waals surface area contributed by atoms with Gasteiger partial charge in [0.15, 0.2) is 17.4 Å². The third-order valence-corrected chi connectivity index (χ3v) is 0. The van der Waals surface area contributed by atoms with Gasteiger partial charge in [0.25, 0.3) is 0 Å². The molecule has 0 aliphatic rings. The molecular formula is H5AlCoCuFeMgMnNiZn. The zero-order valence-corrected chi connectivity index (χ0v) is 12.7. The molecule has 0 atom stereocenters. The van der Waals surface area contributed by atoms with E-state index in [-0.39, 0.29) is 147 Å². The molecule has 0 unspecified atom stereocenters. The van der Waals surface area contributed by atoms with Crippen LogP contribution in [-0.4, -0.2) is 40.4 Å². The van der Waals surface area contributed by atoms with Gasteiger partial charge in [-0.3, -0.25) is 0 Å². The van der Waals surface area contributed by atoms with Crippen molar-refractivity contribution in [2.75, 3.05) is 0 Å². The van der Waals surface area contributed by atoms with Gasteiger partial charge in [-0.05, 0) is 0 Å². The summed E-state index contributed by atoms with van der Waals surface area (Å²) in [5.74, 6) is 0. The maximum atomic E-state index is 0. The smallest absolute Gasteiger partial charge is 1.00 e. The third-order valence-electron chi connectivity index (χ3n) is 0. The molecule has 0 aromatic carbocycles. The summed E-state index contributed by atoms with van der Waals surface area (Å²) in [7, 11) is 0. The minimum atomic E-state index is 0. The van der Waals surface area contributed by atoms with Crippen molar-refractivity contribution >= 4 is 40.4 Å².